The van der Waals surface area contributed by atoms with E-state index in [1.807, 2.05) is 58.0 Å². The summed E-state index contributed by atoms with van der Waals surface area (Å²) in [6.45, 7) is 14.0. The van der Waals surface area contributed by atoms with Crippen molar-refractivity contribution in [2.24, 2.45) is 28.4 Å². The molecule has 3 aromatic carbocycles. The van der Waals surface area contributed by atoms with Crippen LogP contribution in [0.4, 0.5) is 16.2 Å². The number of nitrogens with zero attached hydrogens (tertiary/aromatic N) is 4. The zero-order valence-electron chi connectivity index (χ0n) is 40.9. The van der Waals surface area contributed by atoms with Gasteiger partial charge in [0.2, 0.25) is 20.0 Å². The lowest BCUT2D eigenvalue weighted by atomic mass is 9.87. The predicted octanol–water partition coefficient (Wildman–Crippen LogP) is 6.84. The number of unbranched alkanes of at least 4 members (excludes halogenated alkanes) is 2. The fourth-order valence-electron chi connectivity index (χ4n) is 8.44. The zero-order valence-corrected chi connectivity index (χ0v) is 42.5. The fraction of sp³-hybridized carbons (Fsp3) is 0.592. The van der Waals surface area contributed by atoms with E-state index >= 15 is 0 Å². The third-order valence-electron chi connectivity index (χ3n) is 12.1. The van der Waals surface area contributed by atoms with E-state index < -0.39 is 61.0 Å². The molecule has 0 bridgehead atoms. The molecular weight excluding hydrogens is 927 g/mol. The average molecular weight is 1000 g/mol. The minimum absolute atomic E-state index is 0.0141. The summed E-state index contributed by atoms with van der Waals surface area (Å²) in [5.74, 6) is 0.173. The predicted molar refractivity (Wildman–Crippen MR) is 263 cm³/mol. The van der Waals surface area contributed by atoms with E-state index in [4.69, 9.17) is 30.9 Å². The van der Waals surface area contributed by atoms with Crippen LogP contribution < -0.4 is 16.8 Å². The number of sulfonamides is 2. The summed E-state index contributed by atoms with van der Waals surface area (Å²) in [5, 5.41) is 34.5. The summed E-state index contributed by atoms with van der Waals surface area (Å²) in [6.07, 6.45) is 2.16. The molecule has 18 nitrogen and oxygen atoms in total. The molecule has 2 aliphatic rings. The van der Waals surface area contributed by atoms with Gasteiger partial charge in [0, 0.05) is 50.4 Å². The molecule has 2 aliphatic heterocycles. The quantitative estimate of drug-likeness (QED) is 0.0293. The van der Waals surface area contributed by atoms with Gasteiger partial charge in [0.15, 0.2) is 6.29 Å². The van der Waals surface area contributed by atoms with Gasteiger partial charge in [-0.2, -0.15) is 13.9 Å². The number of fused-ring (bicyclic) bond motifs is 1. The number of carbonyl (C=O) groups excluding carboxylic acids is 1. The van der Waals surface area contributed by atoms with Gasteiger partial charge in [0.05, 0.1) is 52.1 Å². The Morgan fingerprint density at radius 3 is 2.01 bits per heavy atom. The van der Waals surface area contributed by atoms with Crippen LogP contribution in [0.15, 0.2) is 88.7 Å². The number of nitrogen functional groups attached to an aromatic ring is 1. The smallest absolute Gasteiger partial charge is 0.407 e. The van der Waals surface area contributed by atoms with Crippen molar-refractivity contribution < 1.29 is 45.9 Å². The Hall–Kier alpha value is -4.72. The SMILES string of the molecule is CC(C)(CCCC#N)CN(CC(O)[C@H](Cc1ccccc1)NC(=O)OC1COC2OCCC12)S(=O)(=O)c1ccc([N+](=O)[O-])cc1.CC(C)CN(CC(C)(C)CCCCN)S(=O)(=O)c1ccc(N)cc1. The maximum absolute atomic E-state index is 14.0. The molecule has 2 heterocycles. The Labute approximate surface area is 408 Å². The lowest BCUT2D eigenvalue weighted by Crippen LogP contribution is -2.52. The van der Waals surface area contributed by atoms with Gasteiger partial charge in [-0.05, 0) is 104 Å². The molecule has 69 heavy (non-hydrogen) atoms. The molecule has 5 atom stereocenters. The number of amides is 1. The molecule has 3 aromatic rings. The standard InChI is InChI=1S/C31H40N4O9S.C18H33N3O2S/c1-31(2,15-6-7-16-32)21-34(45(40,41)24-12-10-23(11-13-24)35(38)39)19-27(36)26(18-22-8-4-3-5-9-22)33-30(37)44-28-20-43-29-25(28)14-17-42-29;1-15(2)13-21(14-18(3,4)11-5-6-12-19)24(22,23)17-9-7-16(20)8-10-17/h3-5,8-13,25-29,36H,6-7,14-15,17-21H2,1-2H3,(H,33,37);7-10,15H,5-6,11-14,19-20H2,1-4H3/t25?,26-,27?,28?,29?;/m0./s1. The fourth-order valence-corrected chi connectivity index (χ4v) is 11.9. The number of ether oxygens (including phenoxy) is 3. The number of alkyl carbamates (subject to hydrolysis) is 1. The number of nitro benzene ring substituents is 1. The minimum Gasteiger partial charge on any atom is -0.443 e. The Bertz CT molecular complexity index is 2350. The molecule has 382 valence electrons. The highest BCUT2D eigenvalue weighted by atomic mass is 32.2. The number of rotatable bonds is 25. The van der Waals surface area contributed by atoms with E-state index in [9.17, 15) is 36.9 Å². The molecule has 1 amide bonds. The number of nitrogens with two attached hydrogens (primary N) is 2. The van der Waals surface area contributed by atoms with Crippen LogP contribution in [-0.2, 0) is 40.7 Å². The number of aliphatic hydroxyl groups excluding tert-OH is 1. The average Bonchev–Trinajstić information content (AvgIpc) is 3.91. The van der Waals surface area contributed by atoms with E-state index in [1.165, 1.54) is 0 Å². The lowest BCUT2D eigenvalue weighted by Gasteiger charge is -2.35. The van der Waals surface area contributed by atoms with Crippen molar-refractivity contribution in [1.82, 2.24) is 13.9 Å². The first-order chi connectivity index (χ1) is 32.5. The van der Waals surface area contributed by atoms with Gasteiger partial charge in [0.1, 0.15) is 6.10 Å². The van der Waals surface area contributed by atoms with Gasteiger partial charge < -0.3 is 36.1 Å². The van der Waals surface area contributed by atoms with E-state index in [0.717, 1.165) is 53.4 Å². The third kappa shape index (κ3) is 17.6. The summed E-state index contributed by atoms with van der Waals surface area (Å²) in [6, 6.07) is 21.3. The van der Waals surface area contributed by atoms with Gasteiger partial charge in [-0.25, -0.2) is 21.6 Å². The summed E-state index contributed by atoms with van der Waals surface area (Å²) in [4.78, 5) is 23.8. The highest BCUT2D eigenvalue weighted by Crippen LogP contribution is 2.34. The Morgan fingerprint density at radius 2 is 1.46 bits per heavy atom. The molecule has 0 spiro atoms. The number of hydrogen-bond donors (Lipinski definition) is 4. The first kappa shape index (κ1) is 56.9. The summed E-state index contributed by atoms with van der Waals surface area (Å²) in [5.41, 5.74) is 11.7. The number of nitro groups is 1. The van der Waals surface area contributed by atoms with Crippen molar-refractivity contribution in [3.8, 4) is 6.07 Å². The van der Waals surface area contributed by atoms with Crippen LogP contribution in [0, 0.1) is 44.1 Å². The second-order valence-electron chi connectivity index (χ2n) is 19.9. The van der Waals surface area contributed by atoms with Crippen LogP contribution in [-0.4, -0.2) is 112 Å². The zero-order chi connectivity index (χ0) is 51.0. The van der Waals surface area contributed by atoms with Crippen LogP contribution in [0.2, 0.25) is 0 Å². The van der Waals surface area contributed by atoms with E-state index in [2.05, 4.69) is 25.2 Å². The van der Waals surface area contributed by atoms with Gasteiger partial charge in [-0.15, -0.1) is 0 Å². The van der Waals surface area contributed by atoms with Crippen molar-refractivity contribution in [2.75, 3.05) is 51.7 Å². The van der Waals surface area contributed by atoms with Gasteiger partial charge in [-0.3, -0.25) is 10.1 Å². The topological polar surface area (TPSA) is 271 Å². The van der Waals surface area contributed by atoms with E-state index in [0.29, 0.717) is 62.5 Å². The number of carbonyl (C=O) groups is 1. The Balaban J connectivity index is 0.000000365. The highest BCUT2D eigenvalue weighted by molar-refractivity contribution is 7.89. The molecule has 5 rings (SSSR count). The summed E-state index contributed by atoms with van der Waals surface area (Å²) in [7, 11) is -7.78. The van der Waals surface area contributed by atoms with E-state index in [1.54, 1.807) is 28.6 Å². The number of benzene rings is 3. The molecule has 2 fully saturated rings. The largest absolute Gasteiger partial charge is 0.443 e. The van der Waals surface area contributed by atoms with Crippen LogP contribution in [0.3, 0.4) is 0 Å². The number of hydrogen-bond acceptors (Lipinski definition) is 14. The van der Waals surface area contributed by atoms with E-state index in [-0.39, 0.29) is 54.0 Å². The highest BCUT2D eigenvalue weighted by Gasteiger charge is 2.44. The molecule has 0 aromatic heterocycles. The first-order valence-corrected chi connectivity index (χ1v) is 26.5. The molecule has 0 aliphatic carbocycles. The van der Waals surface area contributed by atoms with Gasteiger partial charge in [0.25, 0.3) is 5.69 Å². The van der Waals surface area contributed by atoms with Crippen LogP contribution >= 0.6 is 0 Å². The molecule has 2 saturated heterocycles. The second kappa shape index (κ2) is 25.9. The van der Waals surface area contributed by atoms with Crippen LogP contribution in [0.25, 0.3) is 0 Å². The molecular formula is C49H73N7O11S2. The second-order valence-corrected chi connectivity index (χ2v) is 23.7. The molecule has 6 N–H and O–H groups in total. The minimum atomic E-state index is -4.25. The number of non-ortho nitro benzene ring substituents is 1. The summed E-state index contributed by atoms with van der Waals surface area (Å²) < 4.78 is 73.5. The maximum Gasteiger partial charge on any atom is 0.407 e. The van der Waals surface area contributed by atoms with Gasteiger partial charge in [-0.1, -0.05) is 78.3 Å². The maximum atomic E-state index is 14.0. The van der Waals surface area contributed by atoms with Crippen molar-refractivity contribution in [2.45, 2.75) is 127 Å². The van der Waals surface area contributed by atoms with Crippen molar-refractivity contribution in [3.05, 3.63) is 94.5 Å². The van der Waals surface area contributed by atoms with Crippen molar-refractivity contribution in [3.63, 3.8) is 0 Å². The lowest BCUT2D eigenvalue weighted by molar-refractivity contribution is -0.384. The molecule has 0 radical (unpaired) electrons. The van der Waals surface area contributed by atoms with Gasteiger partial charge >= 0.3 is 6.09 Å². The number of nitriles is 1. The molecule has 0 saturated carbocycles. The Morgan fingerprint density at radius 1 is 0.899 bits per heavy atom. The van der Waals surface area contributed by atoms with Crippen molar-refractivity contribution in [1.29, 1.82) is 5.26 Å². The monoisotopic (exact) mass is 999 g/mol. The number of aliphatic hydroxyl groups is 1. The first-order valence-electron chi connectivity index (χ1n) is 23.6. The van der Waals surface area contributed by atoms with Crippen molar-refractivity contribution >= 4 is 37.5 Å². The van der Waals surface area contributed by atoms with Crippen LogP contribution in [0.5, 0.6) is 0 Å². The third-order valence-corrected chi connectivity index (χ3v) is 15.8. The Kier molecular flexibility index (Phi) is 21.4. The number of anilines is 1. The van der Waals surface area contributed by atoms with Crippen LogP contribution in [0.1, 0.15) is 92.1 Å². The number of nitrogens with one attached hydrogen (secondary N) is 1. The normalized spacial score (nSPS) is 18.3. The summed E-state index contributed by atoms with van der Waals surface area (Å²) >= 11 is 0. The molecule has 4 unspecified atom stereocenters. The molecule has 20 heteroatoms.